The molecule has 0 aliphatic rings. The van der Waals surface area contributed by atoms with Gasteiger partial charge in [-0.1, -0.05) is 18.2 Å². The van der Waals surface area contributed by atoms with Gasteiger partial charge in [-0.3, -0.25) is 9.63 Å². The molecule has 5 nitrogen and oxygen atoms in total. The van der Waals surface area contributed by atoms with Crippen molar-refractivity contribution < 1.29 is 22.8 Å². The molecule has 0 saturated carbocycles. The van der Waals surface area contributed by atoms with Gasteiger partial charge in [0.05, 0.1) is 12.7 Å². The number of amides is 1. The molecule has 1 aromatic heterocycles. The van der Waals surface area contributed by atoms with Crippen LogP contribution >= 0.6 is 0 Å². The van der Waals surface area contributed by atoms with Crippen LogP contribution in [-0.4, -0.2) is 30.1 Å². The number of hydrogen-bond acceptors (Lipinski definition) is 4. The molecule has 0 bridgehead atoms. The Morgan fingerprint density at radius 2 is 1.83 bits per heavy atom. The second-order valence-electron chi connectivity index (χ2n) is 4.57. The van der Waals surface area contributed by atoms with E-state index in [0.29, 0.717) is 5.69 Å². The maximum Gasteiger partial charge on any atom is 0.433 e. The molecule has 0 atom stereocenters. The van der Waals surface area contributed by atoms with Gasteiger partial charge in [0, 0.05) is 12.7 Å². The highest BCUT2D eigenvalue weighted by Gasteiger charge is 2.34. The van der Waals surface area contributed by atoms with Gasteiger partial charge in [-0.25, -0.2) is 10.0 Å². The van der Waals surface area contributed by atoms with Gasteiger partial charge in [0.2, 0.25) is 0 Å². The number of anilines is 2. The maximum atomic E-state index is 12.9. The lowest BCUT2D eigenvalue weighted by molar-refractivity contribution is -0.141. The summed E-state index contributed by atoms with van der Waals surface area (Å²) in [5.41, 5.74) is -0.618. The van der Waals surface area contributed by atoms with Gasteiger partial charge in [0.25, 0.3) is 5.91 Å². The topological polar surface area (TPSA) is 54.5 Å². The Morgan fingerprint density at radius 3 is 2.39 bits per heavy atom. The maximum absolute atomic E-state index is 12.9. The number of para-hydroxylation sites is 1. The van der Waals surface area contributed by atoms with Crippen molar-refractivity contribution in [2.24, 2.45) is 0 Å². The van der Waals surface area contributed by atoms with E-state index in [1.807, 2.05) is 0 Å². The molecule has 0 fully saturated rings. The minimum absolute atomic E-state index is 0.0359. The third-order valence-corrected chi connectivity index (χ3v) is 3.01. The number of aromatic nitrogens is 1. The molecule has 1 heterocycles. The lowest BCUT2D eigenvalue weighted by atomic mass is 10.2. The van der Waals surface area contributed by atoms with Crippen molar-refractivity contribution in [3.8, 4) is 0 Å². The van der Waals surface area contributed by atoms with Crippen molar-refractivity contribution in [3.63, 3.8) is 0 Å². The van der Waals surface area contributed by atoms with E-state index in [0.717, 1.165) is 17.2 Å². The summed E-state index contributed by atoms with van der Waals surface area (Å²) >= 11 is 0. The van der Waals surface area contributed by atoms with Crippen LogP contribution < -0.4 is 5.32 Å². The SMILES string of the molecule is CON(C)C(=O)c1ccc(C(F)(F)F)nc1Nc1ccccc1. The van der Waals surface area contributed by atoms with Crippen LogP contribution in [0, 0.1) is 0 Å². The fourth-order valence-corrected chi connectivity index (χ4v) is 1.80. The first-order chi connectivity index (χ1) is 10.8. The lowest BCUT2D eigenvalue weighted by Gasteiger charge is -2.17. The third kappa shape index (κ3) is 3.98. The average Bonchev–Trinajstić information content (AvgIpc) is 2.53. The Hall–Kier alpha value is -2.61. The summed E-state index contributed by atoms with van der Waals surface area (Å²) in [6.45, 7) is 0. The lowest BCUT2D eigenvalue weighted by Crippen LogP contribution is -2.26. The average molecular weight is 325 g/mol. The van der Waals surface area contributed by atoms with Crippen LogP contribution in [0.1, 0.15) is 16.1 Å². The van der Waals surface area contributed by atoms with Crippen molar-refractivity contribution >= 4 is 17.4 Å². The van der Waals surface area contributed by atoms with Crippen LogP contribution in [0.4, 0.5) is 24.7 Å². The number of nitrogens with one attached hydrogen (secondary N) is 1. The standard InChI is InChI=1S/C15H14F3N3O2/c1-21(23-2)14(22)11-8-9-12(15(16,17)18)20-13(11)19-10-6-4-3-5-7-10/h3-9H,1-2H3,(H,19,20). The number of nitrogens with zero attached hydrogens (tertiary/aromatic N) is 2. The number of halogens is 3. The quantitative estimate of drug-likeness (QED) is 0.875. The zero-order valence-electron chi connectivity index (χ0n) is 12.4. The molecule has 0 saturated heterocycles. The van der Waals surface area contributed by atoms with E-state index in [4.69, 9.17) is 4.84 Å². The van der Waals surface area contributed by atoms with E-state index in [1.165, 1.54) is 14.2 Å². The van der Waals surface area contributed by atoms with Gasteiger partial charge in [-0.05, 0) is 24.3 Å². The van der Waals surface area contributed by atoms with Crippen molar-refractivity contribution in [2.75, 3.05) is 19.5 Å². The van der Waals surface area contributed by atoms with Crippen molar-refractivity contribution in [2.45, 2.75) is 6.18 Å². The molecule has 0 aliphatic carbocycles. The monoisotopic (exact) mass is 325 g/mol. The fourth-order valence-electron chi connectivity index (χ4n) is 1.80. The summed E-state index contributed by atoms with van der Waals surface area (Å²) in [5, 5.41) is 3.63. The van der Waals surface area contributed by atoms with Crippen LogP contribution in [0.3, 0.4) is 0 Å². The Morgan fingerprint density at radius 1 is 1.17 bits per heavy atom. The highest BCUT2D eigenvalue weighted by Crippen LogP contribution is 2.30. The highest BCUT2D eigenvalue weighted by molar-refractivity contribution is 5.98. The fraction of sp³-hybridized carbons (Fsp3) is 0.200. The molecule has 1 aromatic carbocycles. The molecule has 122 valence electrons. The summed E-state index contributed by atoms with van der Waals surface area (Å²) < 4.78 is 38.6. The predicted octanol–water partition coefficient (Wildman–Crippen LogP) is 3.48. The molecule has 0 unspecified atom stereocenters. The minimum Gasteiger partial charge on any atom is -0.340 e. The minimum atomic E-state index is -4.61. The number of rotatable bonds is 4. The number of hydroxylamine groups is 2. The molecule has 1 N–H and O–H groups in total. The van der Waals surface area contributed by atoms with E-state index in [1.54, 1.807) is 30.3 Å². The van der Waals surface area contributed by atoms with E-state index >= 15 is 0 Å². The second-order valence-corrected chi connectivity index (χ2v) is 4.57. The number of hydrogen-bond donors (Lipinski definition) is 1. The summed E-state index contributed by atoms with van der Waals surface area (Å²) in [6, 6.07) is 10.3. The largest absolute Gasteiger partial charge is 0.433 e. The van der Waals surface area contributed by atoms with E-state index in [9.17, 15) is 18.0 Å². The van der Waals surface area contributed by atoms with Crippen LogP contribution in [-0.2, 0) is 11.0 Å². The molecule has 23 heavy (non-hydrogen) atoms. The summed E-state index contributed by atoms with van der Waals surface area (Å²) in [4.78, 5) is 20.5. The Balaban J connectivity index is 2.47. The molecule has 8 heteroatoms. The Labute approximate surface area is 130 Å². The predicted molar refractivity (Wildman–Crippen MR) is 78.1 cm³/mol. The number of pyridine rings is 1. The van der Waals surface area contributed by atoms with E-state index in [2.05, 4.69) is 10.3 Å². The van der Waals surface area contributed by atoms with Crippen LogP contribution in [0.5, 0.6) is 0 Å². The van der Waals surface area contributed by atoms with Gasteiger partial charge >= 0.3 is 6.18 Å². The molecule has 2 aromatic rings. The number of alkyl halides is 3. The van der Waals surface area contributed by atoms with Crippen molar-refractivity contribution in [1.82, 2.24) is 10.0 Å². The molecule has 0 spiro atoms. The smallest absolute Gasteiger partial charge is 0.340 e. The normalized spacial score (nSPS) is 11.2. The van der Waals surface area contributed by atoms with Gasteiger partial charge in [0.1, 0.15) is 11.5 Å². The first-order valence-electron chi connectivity index (χ1n) is 6.55. The Bertz CT molecular complexity index is 690. The molecular weight excluding hydrogens is 311 g/mol. The molecule has 2 rings (SSSR count). The van der Waals surface area contributed by atoms with Crippen LogP contribution in [0.25, 0.3) is 0 Å². The first kappa shape index (κ1) is 16.8. The number of benzene rings is 1. The number of carbonyl (C=O) groups is 1. The van der Waals surface area contributed by atoms with Crippen molar-refractivity contribution in [3.05, 3.63) is 53.7 Å². The van der Waals surface area contributed by atoms with Gasteiger partial charge in [-0.15, -0.1) is 0 Å². The molecule has 0 aliphatic heterocycles. The first-order valence-corrected chi connectivity index (χ1v) is 6.55. The summed E-state index contributed by atoms with van der Waals surface area (Å²) in [5.74, 6) is -0.813. The summed E-state index contributed by atoms with van der Waals surface area (Å²) in [6.07, 6.45) is -4.61. The number of carbonyl (C=O) groups excluding carboxylic acids is 1. The van der Waals surface area contributed by atoms with E-state index in [-0.39, 0.29) is 11.4 Å². The van der Waals surface area contributed by atoms with Gasteiger partial charge in [0.15, 0.2) is 0 Å². The summed E-state index contributed by atoms with van der Waals surface area (Å²) in [7, 11) is 2.63. The second kappa shape index (κ2) is 6.66. The van der Waals surface area contributed by atoms with Crippen molar-refractivity contribution in [1.29, 1.82) is 0 Å². The van der Waals surface area contributed by atoms with Gasteiger partial charge in [-0.2, -0.15) is 13.2 Å². The van der Waals surface area contributed by atoms with Gasteiger partial charge < -0.3 is 5.32 Å². The highest BCUT2D eigenvalue weighted by atomic mass is 19.4. The molecular formula is C15H14F3N3O2. The zero-order valence-corrected chi connectivity index (χ0v) is 12.4. The third-order valence-electron chi connectivity index (χ3n) is 3.01. The zero-order chi connectivity index (χ0) is 17.0. The molecule has 0 radical (unpaired) electrons. The van der Waals surface area contributed by atoms with Crippen LogP contribution in [0.15, 0.2) is 42.5 Å². The van der Waals surface area contributed by atoms with Crippen LogP contribution in [0.2, 0.25) is 0 Å². The Kier molecular flexibility index (Phi) is 4.85. The van der Waals surface area contributed by atoms with E-state index < -0.39 is 17.8 Å². The molecule has 1 amide bonds.